The summed E-state index contributed by atoms with van der Waals surface area (Å²) < 4.78 is 6.67. The molecule has 1 aromatic carbocycles. The smallest absolute Gasteiger partial charge is 0.246 e. The number of hydrogen-bond donors (Lipinski definition) is 1. The molecule has 0 aliphatic heterocycles. The van der Waals surface area contributed by atoms with Gasteiger partial charge in [0.15, 0.2) is 5.82 Å². The van der Waals surface area contributed by atoms with Crippen molar-refractivity contribution in [1.82, 2.24) is 25.5 Å². The number of nitrogens with one attached hydrogen (secondary N) is 1. The molecule has 1 amide bonds. The van der Waals surface area contributed by atoms with Gasteiger partial charge in [0.2, 0.25) is 5.91 Å². The van der Waals surface area contributed by atoms with E-state index >= 15 is 0 Å². The van der Waals surface area contributed by atoms with E-state index in [9.17, 15) is 4.79 Å². The number of nitrogens with zero attached hydrogens (tertiary/aromatic N) is 4. The summed E-state index contributed by atoms with van der Waals surface area (Å²) in [4.78, 5) is 12.1. The number of para-hydroxylation sites is 1. The maximum Gasteiger partial charge on any atom is 0.246 e. The number of tetrazole rings is 1. The molecule has 2 aromatic rings. The van der Waals surface area contributed by atoms with E-state index in [0.29, 0.717) is 5.82 Å². The van der Waals surface area contributed by atoms with Crippen molar-refractivity contribution in [3.8, 4) is 5.69 Å². The zero-order chi connectivity index (χ0) is 16.1. The Labute approximate surface area is 135 Å². The second kappa shape index (κ2) is 6.87. The first-order valence-corrected chi connectivity index (χ1v) is 7.89. The first-order valence-electron chi connectivity index (χ1n) is 7.89. The average molecular weight is 315 g/mol. The predicted molar refractivity (Wildman–Crippen MR) is 83.9 cm³/mol. The number of amides is 1. The Hall–Kier alpha value is -2.28. The predicted octanol–water partition coefficient (Wildman–Crippen LogP) is 1.58. The lowest BCUT2D eigenvalue weighted by Crippen LogP contribution is -2.50. The van der Waals surface area contributed by atoms with E-state index in [4.69, 9.17) is 4.74 Å². The number of rotatable bonds is 5. The molecule has 1 aliphatic rings. The normalized spacial score (nSPS) is 16.9. The Morgan fingerprint density at radius 1 is 1.26 bits per heavy atom. The van der Waals surface area contributed by atoms with Crippen molar-refractivity contribution < 1.29 is 9.53 Å². The molecule has 7 nitrogen and oxygen atoms in total. The summed E-state index contributed by atoms with van der Waals surface area (Å²) >= 11 is 0. The van der Waals surface area contributed by atoms with Crippen LogP contribution in [0.3, 0.4) is 0 Å². The van der Waals surface area contributed by atoms with E-state index in [2.05, 4.69) is 20.8 Å². The third-order valence-electron chi connectivity index (χ3n) is 4.26. The monoisotopic (exact) mass is 315 g/mol. The Kier molecular flexibility index (Phi) is 4.66. The van der Waals surface area contributed by atoms with Gasteiger partial charge >= 0.3 is 0 Å². The summed E-state index contributed by atoms with van der Waals surface area (Å²) in [6.07, 6.45) is 4.89. The van der Waals surface area contributed by atoms with Gasteiger partial charge in [0.1, 0.15) is 12.1 Å². The zero-order valence-corrected chi connectivity index (χ0v) is 13.2. The first-order chi connectivity index (χ1) is 11.2. The molecule has 1 aromatic heterocycles. The molecule has 0 spiro atoms. The van der Waals surface area contributed by atoms with Crippen LogP contribution in [0, 0.1) is 0 Å². The minimum atomic E-state index is -0.535. The van der Waals surface area contributed by atoms with Crippen molar-refractivity contribution in [3.05, 3.63) is 36.2 Å². The Morgan fingerprint density at radius 3 is 2.70 bits per heavy atom. The van der Waals surface area contributed by atoms with Crippen LogP contribution in [-0.4, -0.2) is 39.8 Å². The van der Waals surface area contributed by atoms with Crippen molar-refractivity contribution in [2.45, 2.75) is 37.6 Å². The zero-order valence-electron chi connectivity index (χ0n) is 13.2. The molecule has 1 heterocycles. The molecule has 7 heteroatoms. The van der Waals surface area contributed by atoms with Crippen LogP contribution in [0.15, 0.2) is 30.3 Å². The molecular weight excluding hydrogens is 294 g/mol. The van der Waals surface area contributed by atoms with Gasteiger partial charge in [0, 0.05) is 7.11 Å². The average Bonchev–Trinajstić information content (AvgIpc) is 3.07. The SMILES string of the molecule is COCC(=O)NC1(c2nnnn2-c2ccccc2)CCCCC1. The van der Waals surface area contributed by atoms with Gasteiger partial charge in [-0.3, -0.25) is 4.79 Å². The summed E-state index contributed by atoms with van der Waals surface area (Å²) in [5.74, 6) is 0.546. The molecule has 1 N–H and O–H groups in total. The number of ether oxygens (including phenoxy) is 1. The second-order valence-electron chi connectivity index (χ2n) is 5.87. The van der Waals surface area contributed by atoms with Gasteiger partial charge in [0.25, 0.3) is 0 Å². The fourth-order valence-corrected chi connectivity index (χ4v) is 3.22. The third kappa shape index (κ3) is 3.24. The molecule has 0 saturated heterocycles. The van der Waals surface area contributed by atoms with Crippen LogP contribution in [0.5, 0.6) is 0 Å². The van der Waals surface area contributed by atoms with Gasteiger partial charge in [-0.25, -0.2) is 0 Å². The van der Waals surface area contributed by atoms with Gasteiger partial charge < -0.3 is 10.1 Å². The van der Waals surface area contributed by atoms with Crippen LogP contribution in [0.25, 0.3) is 5.69 Å². The molecule has 23 heavy (non-hydrogen) atoms. The second-order valence-corrected chi connectivity index (χ2v) is 5.87. The van der Waals surface area contributed by atoms with E-state index in [1.54, 1.807) is 4.68 Å². The number of hydrogen-bond acceptors (Lipinski definition) is 5. The minimum Gasteiger partial charge on any atom is -0.375 e. The lowest BCUT2D eigenvalue weighted by molar-refractivity contribution is -0.127. The van der Waals surface area contributed by atoms with E-state index in [-0.39, 0.29) is 12.5 Å². The van der Waals surface area contributed by atoms with E-state index < -0.39 is 5.54 Å². The number of carbonyl (C=O) groups is 1. The van der Waals surface area contributed by atoms with Crippen LogP contribution in [0.1, 0.15) is 37.9 Å². The maximum absolute atomic E-state index is 12.1. The summed E-state index contributed by atoms with van der Waals surface area (Å²) in [6, 6.07) is 9.74. The van der Waals surface area contributed by atoms with Gasteiger partial charge in [-0.1, -0.05) is 37.5 Å². The lowest BCUT2D eigenvalue weighted by atomic mass is 9.80. The highest BCUT2D eigenvalue weighted by atomic mass is 16.5. The highest BCUT2D eigenvalue weighted by Gasteiger charge is 2.40. The summed E-state index contributed by atoms with van der Waals surface area (Å²) in [7, 11) is 1.52. The standard InChI is InChI=1S/C16H21N5O2/c1-23-12-14(22)17-16(10-6-3-7-11-16)15-18-19-20-21(15)13-8-4-2-5-9-13/h2,4-5,8-9H,3,6-7,10-12H2,1H3,(H,17,22). The number of methoxy groups -OCH3 is 1. The Balaban J connectivity index is 1.98. The van der Waals surface area contributed by atoms with E-state index in [1.807, 2.05) is 30.3 Å². The van der Waals surface area contributed by atoms with Gasteiger partial charge in [-0.2, -0.15) is 4.68 Å². The van der Waals surface area contributed by atoms with Crippen LogP contribution >= 0.6 is 0 Å². The molecule has 0 radical (unpaired) electrons. The van der Waals surface area contributed by atoms with E-state index in [0.717, 1.165) is 37.8 Å². The molecule has 1 saturated carbocycles. The summed E-state index contributed by atoms with van der Waals surface area (Å²) in [6.45, 7) is 0.0364. The highest BCUT2D eigenvalue weighted by Crippen LogP contribution is 2.36. The highest BCUT2D eigenvalue weighted by molar-refractivity contribution is 5.78. The fraction of sp³-hybridized carbons (Fsp3) is 0.500. The number of benzene rings is 1. The largest absolute Gasteiger partial charge is 0.375 e. The van der Waals surface area contributed by atoms with Gasteiger partial charge in [-0.15, -0.1) is 5.10 Å². The van der Waals surface area contributed by atoms with Crippen LogP contribution in [0.2, 0.25) is 0 Å². The molecule has 0 bridgehead atoms. The third-order valence-corrected chi connectivity index (χ3v) is 4.26. The number of carbonyl (C=O) groups excluding carboxylic acids is 1. The van der Waals surface area contributed by atoms with Gasteiger partial charge in [0.05, 0.1) is 5.69 Å². The lowest BCUT2D eigenvalue weighted by Gasteiger charge is -2.36. The van der Waals surface area contributed by atoms with Crippen molar-refractivity contribution in [2.24, 2.45) is 0 Å². The molecule has 1 fully saturated rings. The van der Waals surface area contributed by atoms with Crippen molar-refractivity contribution in [3.63, 3.8) is 0 Å². The van der Waals surface area contributed by atoms with E-state index in [1.165, 1.54) is 7.11 Å². The quantitative estimate of drug-likeness (QED) is 0.906. The Bertz CT molecular complexity index is 650. The van der Waals surface area contributed by atoms with Crippen LogP contribution in [-0.2, 0) is 15.1 Å². The molecule has 122 valence electrons. The topological polar surface area (TPSA) is 81.9 Å². The molecular formula is C16H21N5O2. The number of aromatic nitrogens is 4. The molecule has 0 unspecified atom stereocenters. The fourth-order valence-electron chi connectivity index (χ4n) is 3.22. The minimum absolute atomic E-state index is 0.0364. The van der Waals surface area contributed by atoms with Crippen LogP contribution < -0.4 is 5.32 Å². The molecule has 1 aliphatic carbocycles. The van der Waals surface area contributed by atoms with Crippen molar-refractivity contribution >= 4 is 5.91 Å². The summed E-state index contributed by atoms with van der Waals surface area (Å²) in [5.41, 5.74) is 0.353. The Morgan fingerprint density at radius 2 is 2.00 bits per heavy atom. The maximum atomic E-state index is 12.1. The van der Waals surface area contributed by atoms with Crippen molar-refractivity contribution in [1.29, 1.82) is 0 Å². The van der Waals surface area contributed by atoms with Crippen molar-refractivity contribution in [2.75, 3.05) is 13.7 Å². The first kappa shape index (κ1) is 15.6. The molecule has 3 rings (SSSR count). The van der Waals surface area contributed by atoms with Gasteiger partial charge in [-0.05, 0) is 35.4 Å². The van der Waals surface area contributed by atoms with Crippen LogP contribution in [0.4, 0.5) is 0 Å². The molecule has 0 atom stereocenters. The summed E-state index contributed by atoms with van der Waals surface area (Å²) in [5, 5.41) is 15.4.